The number of aliphatic carboxylic acids is 1. The molecule has 0 aromatic heterocycles. The summed E-state index contributed by atoms with van der Waals surface area (Å²) in [5, 5.41) is 8.69. The molecule has 8 heteroatoms. The number of methoxy groups -OCH3 is 1. The van der Waals surface area contributed by atoms with E-state index in [1.54, 1.807) is 13.2 Å². The maximum Gasteiger partial charge on any atom is 0.341 e. The third-order valence-electron chi connectivity index (χ3n) is 3.94. The van der Waals surface area contributed by atoms with Crippen LogP contribution in [0.25, 0.3) is 17.2 Å². The van der Waals surface area contributed by atoms with Gasteiger partial charge in [0.2, 0.25) is 0 Å². The van der Waals surface area contributed by atoms with Crippen molar-refractivity contribution in [1.29, 1.82) is 0 Å². The van der Waals surface area contributed by atoms with Crippen molar-refractivity contribution >= 4 is 51.3 Å². The molecule has 0 unspecified atom stereocenters. The molecule has 150 valence electrons. The van der Waals surface area contributed by atoms with Gasteiger partial charge in [-0.2, -0.15) is 0 Å². The first-order valence-electron chi connectivity index (χ1n) is 8.67. The average Bonchev–Trinajstić information content (AvgIpc) is 2.65. The fraction of sp³-hybridized carbons (Fsp3) is 0.250. The number of hydrogen-bond donors (Lipinski definition) is 1. The molecule has 0 amide bonds. The molecular formula is C20H21Cl3O4Si. The Hall–Kier alpha value is -1.66. The standard InChI is InChI=1S/C20H21Cl3O4Si/c1-26-19-14-17(16-7-4-15(5-8-16)6-11-20(24)25)9-10-18(19)27-12-2-3-13-28(21,22)23/h4-11,14H,2-3,12-13H2,1H3,(H,24,25)/b11-6+. The summed E-state index contributed by atoms with van der Waals surface area (Å²) in [6.07, 6.45) is 4.28. The number of rotatable bonds is 10. The Kier molecular flexibility index (Phi) is 8.70. The first kappa shape index (κ1) is 22.6. The van der Waals surface area contributed by atoms with Gasteiger partial charge >= 0.3 is 12.0 Å². The molecule has 2 aromatic carbocycles. The van der Waals surface area contributed by atoms with Gasteiger partial charge in [-0.15, -0.1) is 33.2 Å². The maximum absolute atomic E-state index is 10.6. The summed E-state index contributed by atoms with van der Waals surface area (Å²) < 4.78 is 11.3. The highest BCUT2D eigenvalue weighted by molar-refractivity contribution is 7.64. The van der Waals surface area contributed by atoms with Crippen LogP contribution in [0.3, 0.4) is 0 Å². The molecule has 0 saturated carbocycles. The lowest BCUT2D eigenvalue weighted by molar-refractivity contribution is -0.131. The second-order valence-electron chi connectivity index (χ2n) is 6.08. The van der Waals surface area contributed by atoms with Crippen LogP contribution >= 0.6 is 33.2 Å². The number of unbranched alkanes of at least 4 members (excludes halogenated alkanes) is 1. The second-order valence-corrected chi connectivity index (χ2v) is 15.4. The van der Waals surface area contributed by atoms with E-state index in [1.807, 2.05) is 42.5 Å². The number of carbonyl (C=O) groups is 1. The molecule has 2 rings (SSSR count). The molecule has 0 atom stereocenters. The van der Waals surface area contributed by atoms with Gasteiger partial charge in [0, 0.05) is 6.08 Å². The van der Waals surface area contributed by atoms with Gasteiger partial charge in [-0.1, -0.05) is 30.3 Å². The zero-order chi connectivity index (χ0) is 20.6. The predicted octanol–water partition coefficient (Wildman–Crippen LogP) is 6.27. The lowest BCUT2D eigenvalue weighted by atomic mass is 10.0. The van der Waals surface area contributed by atoms with E-state index in [0.717, 1.165) is 35.6 Å². The van der Waals surface area contributed by atoms with Gasteiger partial charge in [0.25, 0.3) is 0 Å². The predicted molar refractivity (Wildman–Crippen MR) is 118 cm³/mol. The topological polar surface area (TPSA) is 55.8 Å². The fourth-order valence-electron chi connectivity index (χ4n) is 2.53. The van der Waals surface area contributed by atoms with Crippen molar-refractivity contribution in [3.05, 3.63) is 54.1 Å². The van der Waals surface area contributed by atoms with Crippen LogP contribution in [0.5, 0.6) is 11.5 Å². The highest BCUT2D eigenvalue weighted by Crippen LogP contribution is 2.33. The first-order chi connectivity index (χ1) is 13.3. The summed E-state index contributed by atoms with van der Waals surface area (Å²) in [4.78, 5) is 10.6. The third kappa shape index (κ3) is 7.76. The van der Waals surface area contributed by atoms with Gasteiger partial charge in [-0.25, -0.2) is 4.79 Å². The Morgan fingerprint density at radius 1 is 1.04 bits per heavy atom. The lowest BCUT2D eigenvalue weighted by Gasteiger charge is -2.13. The molecule has 0 aliphatic rings. The van der Waals surface area contributed by atoms with E-state index in [2.05, 4.69) is 0 Å². The minimum atomic E-state index is -2.56. The Morgan fingerprint density at radius 2 is 1.71 bits per heavy atom. The molecule has 2 aromatic rings. The first-order valence-corrected chi connectivity index (χ1v) is 13.9. The Bertz CT molecular complexity index is 817. The van der Waals surface area contributed by atoms with Gasteiger partial charge < -0.3 is 14.6 Å². The minimum Gasteiger partial charge on any atom is -0.493 e. The number of hydrogen-bond acceptors (Lipinski definition) is 3. The normalized spacial score (nSPS) is 11.6. The SMILES string of the molecule is COc1cc(-c2ccc(/C=C/C(=O)O)cc2)ccc1OCCCC[Si](Cl)(Cl)Cl. The van der Waals surface area contributed by atoms with Gasteiger partial charge in [0.1, 0.15) is 0 Å². The molecule has 0 aliphatic heterocycles. The summed E-state index contributed by atoms with van der Waals surface area (Å²) in [6, 6.07) is 11.4. The van der Waals surface area contributed by atoms with Crippen LogP contribution in [-0.4, -0.2) is 30.8 Å². The smallest absolute Gasteiger partial charge is 0.341 e. The summed E-state index contributed by atoms with van der Waals surface area (Å²) in [5.74, 6) is 0.334. The second kappa shape index (κ2) is 10.8. The number of carboxylic acids is 1. The van der Waals surface area contributed by atoms with Gasteiger partial charge in [-0.3, -0.25) is 0 Å². The van der Waals surface area contributed by atoms with Gasteiger partial charge in [-0.05, 0) is 53.8 Å². The van der Waals surface area contributed by atoms with Gasteiger partial charge in [0.05, 0.1) is 13.7 Å². The van der Waals surface area contributed by atoms with Crippen molar-refractivity contribution < 1.29 is 19.4 Å². The van der Waals surface area contributed by atoms with Crippen LogP contribution in [-0.2, 0) is 4.79 Å². The van der Waals surface area contributed by atoms with E-state index in [4.69, 9.17) is 47.8 Å². The molecule has 28 heavy (non-hydrogen) atoms. The molecule has 1 N–H and O–H groups in total. The Balaban J connectivity index is 2.01. The molecule has 0 saturated heterocycles. The monoisotopic (exact) mass is 458 g/mol. The van der Waals surface area contributed by atoms with Crippen LogP contribution in [0.4, 0.5) is 0 Å². The molecule has 0 spiro atoms. The van der Waals surface area contributed by atoms with Crippen LogP contribution < -0.4 is 9.47 Å². The largest absolute Gasteiger partial charge is 0.493 e. The Morgan fingerprint density at radius 3 is 2.32 bits per heavy atom. The van der Waals surface area contributed by atoms with Crippen molar-refractivity contribution in [2.24, 2.45) is 0 Å². The summed E-state index contributed by atoms with van der Waals surface area (Å²) >= 11 is 17.6. The van der Waals surface area contributed by atoms with Gasteiger partial charge in [0.15, 0.2) is 11.5 Å². The highest BCUT2D eigenvalue weighted by Gasteiger charge is 2.23. The summed E-state index contributed by atoms with van der Waals surface area (Å²) in [7, 11) is 1.60. The molecule has 0 aliphatic carbocycles. The molecule has 0 radical (unpaired) electrons. The summed E-state index contributed by atoms with van der Waals surface area (Å²) in [6.45, 7) is 0.523. The molecule has 0 fully saturated rings. The van der Waals surface area contributed by atoms with E-state index in [9.17, 15) is 4.79 Å². The van der Waals surface area contributed by atoms with E-state index in [0.29, 0.717) is 24.2 Å². The number of halogens is 3. The van der Waals surface area contributed by atoms with E-state index in [1.165, 1.54) is 0 Å². The van der Waals surface area contributed by atoms with Crippen molar-refractivity contribution in [1.82, 2.24) is 0 Å². The third-order valence-corrected chi connectivity index (χ3v) is 6.56. The van der Waals surface area contributed by atoms with E-state index < -0.39 is 12.0 Å². The zero-order valence-corrected chi connectivity index (χ0v) is 18.6. The van der Waals surface area contributed by atoms with Crippen LogP contribution in [0.15, 0.2) is 48.5 Å². The molecule has 0 heterocycles. The number of benzene rings is 2. The van der Waals surface area contributed by atoms with Crippen molar-refractivity contribution in [2.45, 2.75) is 18.9 Å². The molecular weight excluding hydrogens is 439 g/mol. The number of ether oxygens (including phenoxy) is 2. The number of carboxylic acid groups (broad SMARTS) is 1. The zero-order valence-electron chi connectivity index (χ0n) is 15.3. The quantitative estimate of drug-likeness (QED) is 0.197. The van der Waals surface area contributed by atoms with Crippen LogP contribution in [0.2, 0.25) is 6.04 Å². The van der Waals surface area contributed by atoms with Crippen LogP contribution in [0, 0.1) is 0 Å². The molecule has 4 nitrogen and oxygen atoms in total. The molecule has 0 bridgehead atoms. The van der Waals surface area contributed by atoms with Crippen molar-refractivity contribution in [3.63, 3.8) is 0 Å². The highest BCUT2D eigenvalue weighted by atomic mass is 35.8. The van der Waals surface area contributed by atoms with E-state index in [-0.39, 0.29) is 0 Å². The van der Waals surface area contributed by atoms with E-state index >= 15 is 0 Å². The minimum absolute atomic E-state index is 0.523. The van der Waals surface area contributed by atoms with Crippen molar-refractivity contribution in [3.8, 4) is 22.6 Å². The van der Waals surface area contributed by atoms with Crippen molar-refractivity contribution in [2.75, 3.05) is 13.7 Å². The Labute approximate surface area is 179 Å². The maximum atomic E-state index is 10.6. The van der Waals surface area contributed by atoms with Crippen LogP contribution in [0.1, 0.15) is 18.4 Å². The summed E-state index contributed by atoms with van der Waals surface area (Å²) in [5.41, 5.74) is 2.78. The fourth-order valence-corrected chi connectivity index (χ4v) is 4.38. The lowest BCUT2D eigenvalue weighted by Crippen LogP contribution is -2.09. The average molecular weight is 460 g/mol.